The Balaban J connectivity index is 3.02. The van der Waals surface area contributed by atoms with Crippen molar-refractivity contribution in [2.24, 2.45) is 10.2 Å². The Morgan fingerprint density at radius 1 is 1.20 bits per heavy atom. The molecule has 0 N–H and O–H groups in total. The predicted molar refractivity (Wildman–Crippen MR) is 63.9 cm³/mol. The summed E-state index contributed by atoms with van der Waals surface area (Å²) in [6.45, 7) is 7.63. The van der Waals surface area contributed by atoms with Crippen molar-refractivity contribution in [2.45, 2.75) is 33.7 Å². The average Bonchev–Trinajstić information content (AvgIpc) is 2.14. The number of hydrogen-bond acceptors (Lipinski definition) is 3. The zero-order chi connectivity index (χ0) is 11.4. The molecule has 0 aromatic heterocycles. The summed E-state index contributed by atoms with van der Waals surface area (Å²) in [6.07, 6.45) is 0. The highest BCUT2D eigenvalue weighted by atomic mass is 16.3. The van der Waals surface area contributed by atoms with Crippen molar-refractivity contribution in [3.63, 3.8) is 0 Å². The van der Waals surface area contributed by atoms with Crippen LogP contribution in [-0.2, 0) is 0 Å². The molecule has 0 radical (unpaired) electrons. The lowest BCUT2D eigenvalue weighted by Gasteiger charge is -2.04. The van der Waals surface area contributed by atoms with Gasteiger partial charge in [0.15, 0.2) is 0 Å². The van der Waals surface area contributed by atoms with Crippen LogP contribution in [0.15, 0.2) is 28.4 Å². The Bertz CT molecular complexity index is 376. The number of nitroso groups, excluding NO2 is 1. The lowest BCUT2D eigenvalue weighted by atomic mass is 10.1. The van der Waals surface area contributed by atoms with Crippen LogP contribution in [0.3, 0.4) is 0 Å². The van der Waals surface area contributed by atoms with Gasteiger partial charge >= 0.3 is 0 Å². The third kappa shape index (κ3) is 3.27. The molecule has 0 heterocycles. The van der Waals surface area contributed by atoms with E-state index in [0.29, 0.717) is 0 Å². The van der Waals surface area contributed by atoms with Gasteiger partial charge in [0.25, 0.3) is 0 Å². The Kier molecular flexibility index (Phi) is 3.72. The van der Waals surface area contributed by atoms with Crippen LogP contribution in [-0.4, -0.2) is 11.8 Å². The van der Waals surface area contributed by atoms with Crippen LogP contribution in [0.2, 0.25) is 0 Å². The van der Waals surface area contributed by atoms with Crippen molar-refractivity contribution in [2.75, 3.05) is 0 Å². The summed E-state index contributed by atoms with van der Waals surface area (Å²) in [5.74, 6) is 0. The van der Waals surface area contributed by atoms with E-state index in [0.717, 1.165) is 11.4 Å². The van der Waals surface area contributed by atoms with Gasteiger partial charge in [0, 0.05) is 5.71 Å². The first-order chi connectivity index (χ1) is 7.02. The molecule has 0 amide bonds. The lowest BCUT2D eigenvalue weighted by molar-refractivity contribution is 0.955. The van der Waals surface area contributed by atoms with Crippen LogP contribution in [0.5, 0.6) is 0 Å². The molecule has 3 heteroatoms. The Morgan fingerprint density at radius 3 is 2.20 bits per heavy atom. The highest BCUT2D eigenvalue weighted by Crippen LogP contribution is 2.17. The van der Waals surface area contributed by atoms with E-state index in [9.17, 15) is 4.91 Å². The van der Waals surface area contributed by atoms with Gasteiger partial charge < -0.3 is 0 Å². The van der Waals surface area contributed by atoms with Gasteiger partial charge in [-0.05, 0) is 51.0 Å². The molecule has 1 atom stereocenters. The third-order valence-corrected chi connectivity index (χ3v) is 2.27. The first-order valence-electron chi connectivity index (χ1n) is 4.99. The van der Waals surface area contributed by atoms with Gasteiger partial charge in [0.05, 0.1) is 5.69 Å². The summed E-state index contributed by atoms with van der Waals surface area (Å²) < 4.78 is 0. The maximum atomic E-state index is 10.3. The summed E-state index contributed by atoms with van der Waals surface area (Å²) >= 11 is 0. The van der Waals surface area contributed by atoms with E-state index in [2.05, 4.69) is 16.2 Å². The molecule has 15 heavy (non-hydrogen) atoms. The van der Waals surface area contributed by atoms with Gasteiger partial charge in [-0.2, -0.15) is 4.91 Å². The van der Waals surface area contributed by atoms with Crippen molar-refractivity contribution >= 4 is 11.4 Å². The summed E-state index contributed by atoms with van der Waals surface area (Å²) in [5.41, 5.74) is 3.98. The van der Waals surface area contributed by atoms with E-state index >= 15 is 0 Å². The molecule has 0 saturated heterocycles. The molecule has 0 aliphatic carbocycles. The fourth-order valence-electron chi connectivity index (χ4n) is 1.39. The van der Waals surface area contributed by atoms with E-state index < -0.39 is 0 Å². The Morgan fingerprint density at radius 2 is 1.73 bits per heavy atom. The average molecular weight is 204 g/mol. The number of aryl methyl sites for hydroxylation is 2. The zero-order valence-corrected chi connectivity index (χ0v) is 9.61. The quantitative estimate of drug-likeness (QED) is 0.548. The van der Waals surface area contributed by atoms with Crippen molar-refractivity contribution in [1.82, 2.24) is 0 Å². The van der Waals surface area contributed by atoms with Gasteiger partial charge in [-0.1, -0.05) is 11.2 Å². The van der Waals surface area contributed by atoms with Gasteiger partial charge in [-0.25, -0.2) is 0 Å². The van der Waals surface area contributed by atoms with E-state index in [1.165, 1.54) is 11.1 Å². The number of hydrogen-bond donors (Lipinski definition) is 0. The molecule has 0 saturated carbocycles. The minimum Gasteiger partial charge on any atom is -0.256 e. The molecule has 3 nitrogen and oxygen atoms in total. The van der Waals surface area contributed by atoms with E-state index in [4.69, 9.17) is 0 Å². The van der Waals surface area contributed by atoms with Crippen molar-refractivity contribution in [3.05, 3.63) is 34.2 Å². The van der Waals surface area contributed by atoms with E-state index in [1.54, 1.807) is 6.92 Å². The maximum Gasteiger partial charge on any atom is 0.127 e. The number of benzene rings is 1. The third-order valence-electron chi connectivity index (χ3n) is 2.27. The topological polar surface area (TPSA) is 41.8 Å². The molecular formula is C12H16N2O. The summed E-state index contributed by atoms with van der Waals surface area (Å²) in [6, 6.07) is 5.73. The van der Waals surface area contributed by atoms with Crippen LogP contribution >= 0.6 is 0 Å². The molecule has 1 aromatic carbocycles. The summed E-state index contributed by atoms with van der Waals surface area (Å²) in [5, 5.41) is 2.95. The zero-order valence-electron chi connectivity index (χ0n) is 9.61. The second-order valence-electron chi connectivity index (χ2n) is 3.88. The van der Waals surface area contributed by atoms with Gasteiger partial charge in [0.2, 0.25) is 0 Å². The Hall–Kier alpha value is -1.51. The summed E-state index contributed by atoms with van der Waals surface area (Å²) in [4.78, 5) is 14.7. The molecule has 0 aliphatic rings. The fourth-order valence-corrected chi connectivity index (χ4v) is 1.39. The molecule has 1 rings (SSSR count). The molecule has 0 spiro atoms. The minimum atomic E-state index is -0.356. The molecule has 80 valence electrons. The first kappa shape index (κ1) is 11.6. The molecule has 0 aliphatic heterocycles. The number of aliphatic imine (C=N–C) groups is 1. The monoisotopic (exact) mass is 204 g/mol. The number of nitrogens with zero attached hydrogens (tertiary/aromatic N) is 2. The Labute approximate surface area is 90.2 Å². The summed E-state index contributed by atoms with van der Waals surface area (Å²) in [7, 11) is 0. The molecular weight excluding hydrogens is 188 g/mol. The normalized spacial score (nSPS) is 13.7. The van der Waals surface area contributed by atoms with Gasteiger partial charge in [-0.15, -0.1) is 0 Å². The molecule has 1 aromatic rings. The number of rotatable bonds is 3. The molecule has 1 unspecified atom stereocenters. The van der Waals surface area contributed by atoms with Crippen molar-refractivity contribution in [3.8, 4) is 0 Å². The SMILES string of the molecule is CC(=Nc1cc(C)cc(C)c1)C(C)N=O. The van der Waals surface area contributed by atoms with Crippen molar-refractivity contribution < 1.29 is 0 Å². The van der Waals surface area contributed by atoms with Crippen LogP contribution in [0.4, 0.5) is 5.69 Å². The second-order valence-corrected chi connectivity index (χ2v) is 3.88. The second kappa shape index (κ2) is 4.82. The van der Waals surface area contributed by atoms with Crippen LogP contribution in [0.1, 0.15) is 25.0 Å². The van der Waals surface area contributed by atoms with E-state index in [-0.39, 0.29) is 6.04 Å². The van der Waals surface area contributed by atoms with E-state index in [1.807, 2.05) is 32.9 Å². The van der Waals surface area contributed by atoms with Crippen molar-refractivity contribution in [1.29, 1.82) is 0 Å². The highest BCUT2D eigenvalue weighted by molar-refractivity contribution is 5.89. The minimum absolute atomic E-state index is 0.356. The van der Waals surface area contributed by atoms with Crippen LogP contribution in [0, 0.1) is 18.8 Å². The molecule has 0 fully saturated rings. The van der Waals surface area contributed by atoms with Crippen LogP contribution in [0.25, 0.3) is 0 Å². The smallest absolute Gasteiger partial charge is 0.127 e. The molecule has 0 bridgehead atoms. The lowest BCUT2D eigenvalue weighted by Crippen LogP contribution is -2.08. The van der Waals surface area contributed by atoms with Gasteiger partial charge in [0.1, 0.15) is 6.04 Å². The standard InChI is InChI=1S/C12H16N2O/c1-8-5-9(2)7-12(6-8)13-10(3)11(4)14-15/h5-7,11H,1-4H3. The largest absolute Gasteiger partial charge is 0.256 e. The highest BCUT2D eigenvalue weighted by Gasteiger charge is 2.04. The maximum absolute atomic E-state index is 10.3. The fraction of sp³-hybridized carbons (Fsp3) is 0.417. The first-order valence-corrected chi connectivity index (χ1v) is 4.99. The van der Waals surface area contributed by atoms with Gasteiger partial charge in [-0.3, -0.25) is 4.99 Å². The van der Waals surface area contributed by atoms with Crippen LogP contribution < -0.4 is 0 Å². The predicted octanol–water partition coefficient (Wildman–Crippen LogP) is 3.55.